The lowest BCUT2D eigenvalue weighted by molar-refractivity contribution is 0.206. The number of carbonyl (C=O) groups excluding carboxylic acids is 1. The number of anilines is 1. The second-order valence-corrected chi connectivity index (χ2v) is 7.90. The molecular formula is C20H17BrN2OS. The average Bonchev–Trinajstić information content (AvgIpc) is 3.10. The first-order chi connectivity index (χ1) is 12.2. The average molecular weight is 413 g/mol. The highest BCUT2D eigenvalue weighted by atomic mass is 79.9. The van der Waals surface area contributed by atoms with E-state index in [1.807, 2.05) is 29.2 Å². The molecule has 2 heterocycles. The maximum atomic E-state index is 12.6. The molecule has 25 heavy (non-hydrogen) atoms. The van der Waals surface area contributed by atoms with Crippen LogP contribution in [0.4, 0.5) is 9.80 Å². The van der Waals surface area contributed by atoms with Crippen molar-refractivity contribution in [2.24, 2.45) is 0 Å². The quantitative estimate of drug-likeness (QED) is 0.569. The number of urea groups is 1. The fraction of sp³-hybridized carbons (Fsp3) is 0.150. The minimum Gasteiger partial charge on any atom is -0.320 e. The Bertz CT molecular complexity index is 904. The fourth-order valence-corrected chi connectivity index (χ4v) is 4.11. The van der Waals surface area contributed by atoms with Crippen LogP contribution in [0.3, 0.4) is 0 Å². The molecule has 4 rings (SSSR count). The molecule has 2 aromatic carbocycles. The van der Waals surface area contributed by atoms with Crippen molar-refractivity contribution in [3.8, 4) is 11.1 Å². The number of nitrogens with zero attached hydrogens (tertiary/aromatic N) is 1. The Morgan fingerprint density at radius 1 is 1.04 bits per heavy atom. The van der Waals surface area contributed by atoms with Crippen molar-refractivity contribution in [1.82, 2.24) is 4.90 Å². The number of nitrogens with one attached hydrogen (secondary N) is 1. The highest BCUT2D eigenvalue weighted by Gasteiger charge is 2.20. The summed E-state index contributed by atoms with van der Waals surface area (Å²) in [5.41, 5.74) is 4.86. The normalized spacial score (nSPS) is 13.4. The molecule has 0 atom stereocenters. The van der Waals surface area contributed by atoms with Crippen LogP contribution in [0.15, 0.2) is 64.5 Å². The molecule has 1 aromatic heterocycles. The first-order valence-electron chi connectivity index (χ1n) is 8.16. The van der Waals surface area contributed by atoms with Gasteiger partial charge in [-0.3, -0.25) is 5.32 Å². The monoisotopic (exact) mass is 412 g/mol. The smallest absolute Gasteiger partial charge is 0.320 e. The predicted molar refractivity (Wildman–Crippen MR) is 107 cm³/mol. The van der Waals surface area contributed by atoms with E-state index in [0.717, 1.165) is 33.6 Å². The number of carbonyl (C=O) groups is 1. The summed E-state index contributed by atoms with van der Waals surface area (Å²) in [5, 5.41) is 5.99. The zero-order valence-corrected chi connectivity index (χ0v) is 15.9. The summed E-state index contributed by atoms with van der Waals surface area (Å²) in [7, 11) is 0. The van der Waals surface area contributed by atoms with E-state index in [4.69, 9.17) is 0 Å². The molecular weight excluding hydrogens is 396 g/mol. The molecule has 0 saturated carbocycles. The number of hydrogen-bond donors (Lipinski definition) is 1. The van der Waals surface area contributed by atoms with Crippen LogP contribution >= 0.6 is 27.3 Å². The molecule has 5 heteroatoms. The number of thiophene rings is 1. The van der Waals surface area contributed by atoms with E-state index in [1.54, 1.807) is 11.3 Å². The van der Waals surface area contributed by atoms with Crippen molar-refractivity contribution in [2.75, 3.05) is 11.9 Å². The minimum atomic E-state index is -0.0290. The van der Waals surface area contributed by atoms with Crippen LogP contribution in [-0.4, -0.2) is 17.5 Å². The Morgan fingerprint density at radius 3 is 2.60 bits per heavy atom. The third-order valence-electron chi connectivity index (χ3n) is 4.43. The molecule has 1 aliphatic heterocycles. The van der Waals surface area contributed by atoms with Crippen molar-refractivity contribution in [2.45, 2.75) is 13.0 Å². The van der Waals surface area contributed by atoms with Gasteiger partial charge < -0.3 is 4.90 Å². The van der Waals surface area contributed by atoms with Gasteiger partial charge in [-0.05, 0) is 46.9 Å². The SMILES string of the molecule is O=C(Nc1cc(-c2ccc(Br)cc2)cs1)N1CCc2ccccc2C1. The first kappa shape index (κ1) is 16.4. The van der Waals surface area contributed by atoms with Gasteiger partial charge in [0.2, 0.25) is 0 Å². The van der Waals surface area contributed by atoms with Crippen molar-refractivity contribution in [1.29, 1.82) is 0 Å². The molecule has 0 aliphatic carbocycles. The van der Waals surface area contributed by atoms with Crippen molar-refractivity contribution >= 4 is 38.3 Å². The highest BCUT2D eigenvalue weighted by molar-refractivity contribution is 9.10. The first-order valence-corrected chi connectivity index (χ1v) is 9.83. The molecule has 3 aromatic rings. The van der Waals surface area contributed by atoms with Gasteiger partial charge in [0, 0.05) is 22.9 Å². The van der Waals surface area contributed by atoms with Crippen LogP contribution in [0.1, 0.15) is 11.1 Å². The molecule has 0 bridgehead atoms. The molecule has 2 amide bonds. The van der Waals surface area contributed by atoms with Gasteiger partial charge in [0.15, 0.2) is 0 Å². The molecule has 0 spiro atoms. The van der Waals surface area contributed by atoms with Gasteiger partial charge in [0.25, 0.3) is 0 Å². The third kappa shape index (κ3) is 3.62. The molecule has 1 N–H and O–H groups in total. The molecule has 3 nitrogen and oxygen atoms in total. The predicted octanol–water partition coefficient (Wildman–Crippen LogP) is 5.77. The zero-order chi connectivity index (χ0) is 17.2. The Kier molecular flexibility index (Phi) is 4.59. The van der Waals surface area contributed by atoms with Crippen LogP contribution in [-0.2, 0) is 13.0 Å². The van der Waals surface area contributed by atoms with Gasteiger partial charge in [-0.15, -0.1) is 11.3 Å². The van der Waals surface area contributed by atoms with Crippen LogP contribution in [0.5, 0.6) is 0 Å². The van der Waals surface area contributed by atoms with Crippen LogP contribution < -0.4 is 5.32 Å². The summed E-state index contributed by atoms with van der Waals surface area (Å²) < 4.78 is 1.06. The van der Waals surface area contributed by atoms with E-state index in [2.05, 4.69) is 57.0 Å². The van der Waals surface area contributed by atoms with Crippen molar-refractivity contribution < 1.29 is 4.79 Å². The lowest BCUT2D eigenvalue weighted by atomic mass is 10.0. The Labute approximate surface area is 159 Å². The molecule has 126 valence electrons. The summed E-state index contributed by atoms with van der Waals surface area (Å²) >= 11 is 5.01. The van der Waals surface area contributed by atoms with Crippen LogP contribution in [0, 0.1) is 0 Å². The fourth-order valence-electron chi connectivity index (χ4n) is 3.05. The summed E-state index contributed by atoms with van der Waals surface area (Å²) in [6.07, 6.45) is 0.915. The topological polar surface area (TPSA) is 32.3 Å². The van der Waals surface area contributed by atoms with Gasteiger partial charge in [-0.25, -0.2) is 4.79 Å². The lowest BCUT2D eigenvalue weighted by Crippen LogP contribution is -2.38. The van der Waals surface area contributed by atoms with Gasteiger partial charge >= 0.3 is 6.03 Å². The molecule has 0 unspecified atom stereocenters. The van der Waals surface area contributed by atoms with Crippen molar-refractivity contribution in [3.63, 3.8) is 0 Å². The number of hydrogen-bond acceptors (Lipinski definition) is 2. The number of fused-ring (bicyclic) bond motifs is 1. The van der Waals surface area contributed by atoms with E-state index >= 15 is 0 Å². The molecule has 0 radical (unpaired) electrons. The molecule has 0 saturated heterocycles. The Hall–Kier alpha value is -2.11. The minimum absolute atomic E-state index is 0.0290. The van der Waals surface area contributed by atoms with Crippen LogP contribution in [0.2, 0.25) is 0 Å². The number of benzene rings is 2. The largest absolute Gasteiger partial charge is 0.322 e. The highest BCUT2D eigenvalue weighted by Crippen LogP contribution is 2.30. The van der Waals surface area contributed by atoms with E-state index in [9.17, 15) is 4.79 Å². The van der Waals surface area contributed by atoms with E-state index < -0.39 is 0 Å². The summed E-state index contributed by atoms with van der Waals surface area (Å²) in [6.45, 7) is 1.43. The van der Waals surface area contributed by atoms with E-state index in [0.29, 0.717) is 6.54 Å². The Morgan fingerprint density at radius 2 is 1.80 bits per heavy atom. The second-order valence-electron chi connectivity index (χ2n) is 6.08. The number of halogens is 1. The molecule has 1 aliphatic rings. The van der Waals surface area contributed by atoms with Crippen molar-refractivity contribution in [3.05, 3.63) is 75.6 Å². The van der Waals surface area contributed by atoms with Gasteiger partial charge in [-0.1, -0.05) is 52.3 Å². The molecule has 0 fully saturated rings. The Balaban J connectivity index is 1.44. The maximum Gasteiger partial charge on any atom is 0.322 e. The zero-order valence-electron chi connectivity index (χ0n) is 13.5. The third-order valence-corrected chi connectivity index (χ3v) is 5.80. The van der Waals surface area contributed by atoms with Crippen LogP contribution in [0.25, 0.3) is 11.1 Å². The standard InChI is InChI=1S/C20H17BrN2OS/c21-18-7-5-15(6-8-18)17-11-19(25-13-17)22-20(24)23-10-9-14-3-1-2-4-16(14)12-23/h1-8,11,13H,9-10,12H2,(H,22,24). The van der Waals surface area contributed by atoms with E-state index in [1.165, 1.54) is 11.1 Å². The lowest BCUT2D eigenvalue weighted by Gasteiger charge is -2.28. The summed E-state index contributed by atoms with van der Waals surface area (Å²) in [4.78, 5) is 14.5. The van der Waals surface area contributed by atoms with Gasteiger partial charge in [-0.2, -0.15) is 0 Å². The van der Waals surface area contributed by atoms with Gasteiger partial charge in [0.1, 0.15) is 0 Å². The number of amides is 2. The summed E-state index contributed by atoms with van der Waals surface area (Å²) in [6, 6.07) is 18.5. The summed E-state index contributed by atoms with van der Waals surface area (Å²) in [5.74, 6) is 0. The van der Waals surface area contributed by atoms with E-state index in [-0.39, 0.29) is 6.03 Å². The second kappa shape index (κ2) is 7.02. The van der Waals surface area contributed by atoms with Gasteiger partial charge in [0.05, 0.1) is 5.00 Å². The maximum absolute atomic E-state index is 12.6. The number of rotatable bonds is 2.